The van der Waals surface area contributed by atoms with Gasteiger partial charge in [0.2, 0.25) is 5.95 Å². The first-order valence-corrected chi connectivity index (χ1v) is 16.6. The SMILES string of the molecule is Cn1cc(-c2ccc(N(C(O)NCc3ccccc3)[C@H]3CC[C@H](Nc4ncc(C#N)c(N5CCC56CCCOC6)n4)CC3)nc2)cn1. The van der Waals surface area contributed by atoms with E-state index in [1.54, 1.807) is 10.9 Å². The molecule has 0 radical (unpaired) electrons. The van der Waals surface area contributed by atoms with Gasteiger partial charge in [0.15, 0.2) is 12.2 Å². The molecule has 3 N–H and O–H groups in total. The van der Waals surface area contributed by atoms with Crippen molar-refractivity contribution in [3.63, 3.8) is 0 Å². The zero-order chi connectivity index (χ0) is 32.2. The smallest absolute Gasteiger partial charge is 0.224 e. The molecule has 1 aliphatic carbocycles. The van der Waals surface area contributed by atoms with Crippen LogP contribution in [0.1, 0.15) is 56.1 Å². The normalized spacial score (nSPS) is 23.1. The van der Waals surface area contributed by atoms with Crippen LogP contribution in [0.25, 0.3) is 11.1 Å². The van der Waals surface area contributed by atoms with Crippen LogP contribution in [-0.4, -0.2) is 73.6 Å². The van der Waals surface area contributed by atoms with Gasteiger partial charge >= 0.3 is 0 Å². The monoisotopic (exact) mass is 634 g/mol. The number of aliphatic hydroxyl groups excluding tert-OH is 1. The van der Waals surface area contributed by atoms with Crippen molar-refractivity contribution < 1.29 is 9.84 Å². The van der Waals surface area contributed by atoms with Crippen molar-refractivity contribution in [1.82, 2.24) is 30.0 Å². The molecule has 3 aromatic heterocycles. The molecule has 244 valence electrons. The number of aliphatic hydroxyl groups is 1. The highest BCUT2D eigenvalue weighted by atomic mass is 16.5. The van der Waals surface area contributed by atoms with Crippen molar-refractivity contribution in [2.75, 3.05) is 34.9 Å². The Kier molecular flexibility index (Phi) is 9.02. The van der Waals surface area contributed by atoms with E-state index in [4.69, 9.17) is 14.7 Å². The standard InChI is InChI=1S/C35H42N10O2/c1-43-23-28(22-40-43)26-8-13-31(37-20-26)45(34(46)39-19-25-6-3-2-4-7-25)30-11-9-29(10-12-30)41-33-38-21-27(18-36)32(42-33)44-16-15-35(44)14-5-17-47-24-35/h2-4,6-8,13,20-23,29-30,34,39,46H,5,9-12,14-17,19,24H2,1H3,(H,38,41,42)/t29-,30-,34?,35?. The molecule has 12 nitrogen and oxygen atoms in total. The maximum absolute atomic E-state index is 11.5. The van der Waals surface area contributed by atoms with Crippen LogP contribution in [0.5, 0.6) is 0 Å². The van der Waals surface area contributed by atoms with Crippen LogP contribution < -0.4 is 20.4 Å². The van der Waals surface area contributed by atoms with E-state index >= 15 is 0 Å². The minimum absolute atomic E-state index is 0.0589. The first kappa shape index (κ1) is 31.1. The molecule has 1 spiro atoms. The molecule has 3 fully saturated rings. The van der Waals surface area contributed by atoms with Crippen molar-refractivity contribution in [2.24, 2.45) is 7.05 Å². The number of pyridine rings is 1. The Labute approximate surface area is 275 Å². The van der Waals surface area contributed by atoms with Crippen LogP contribution in [0.2, 0.25) is 0 Å². The van der Waals surface area contributed by atoms with E-state index in [0.29, 0.717) is 30.5 Å². The van der Waals surface area contributed by atoms with Gasteiger partial charge in [-0.25, -0.2) is 9.97 Å². The number of aryl methyl sites for hydroxylation is 1. The van der Waals surface area contributed by atoms with Gasteiger partial charge in [0.1, 0.15) is 17.5 Å². The number of benzene rings is 1. The fraction of sp³-hybridized carbons (Fsp3) is 0.457. The summed E-state index contributed by atoms with van der Waals surface area (Å²) in [6.07, 6.45) is 12.9. The third-order valence-corrected chi connectivity index (χ3v) is 9.89. The molecule has 47 heavy (non-hydrogen) atoms. The number of nitriles is 1. The molecule has 0 amide bonds. The lowest BCUT2D eigenvalue weighted by molar-refractivity contribution is 0.00924. The van der Waals surface area contributed by atoms with Crippen LogP contribution >= 0.6 is 0 Å². The maximum atomic E-state index is 11.5. The van der Waals surface area contributed by atoms with Gasteiger partial charge in [0, 0.05) is 62.3 Å². The highest BCUT2D eigenvalue weighted by Crippen LogP contribution is 2.42. The van der Waals surface area contributed by atoms with Gasteiger partial charge in [-0.3, -0.25) is 10.00 Å². The van der Waals surface area contributed by atoms with Crippen LogP contribution in [0.4, 0.5) is 17.6 Å². The molecule has 3 aliphatic rings. The van der Waals surface area contributed by atoms with Crippen molar-refractivity contribution in [2.45, 2.75) is 75.5 Å². The lowest BCUT2D eigenvalue weighted by atomic mass is 9.79. The molecule has 1 aromatic carbocycles. The van der Waals surface area contributed by atoms with Crippen molar-refractivity contribution in [3.8, 4) is 17.2 Å². The summed E-state index contributed by atoms with van der Waals surface area (Å²) in [5.74, 6) is 1.97. The summed E-state index contributed by atoms with van der Waals surface area (Å²) in [7, 11) is 1.90. The van der Waals surface area contributed by atoms with E-state index in [0.717, 1.165) is 80.6 Å². The second-order valence-corrected chi connectivity index (χ2v) is 12.9. The summed E-state index contributed by atoms with van der Waals surface area (Å²) < 4.78 is 7.60. The first-order valence-electron chi connectivity index (χ1n) is 16.6. The van der Waals surface area contributed by atoms with E-state index < -0.39 is 6.35 Å². The molecule has 7 rings (SSSR count). The van der Waals surface area contributed by atoms with E-state index in [9.17, 15) is 10.4 Å². The summed E-state index contributed by atoms with van der Waals surface area (Å²) in [6, 6.07) is 16.6. The molecular weight excluding hydrogens is 592 g/mol. The molecule has 0 bridgehead atoms. The summed E-state index contributed by atoms with van der Waals surface area (Å²) in [6.45, 7) is 2.88. The van der Waals surface area contributed by atoms with Gasteiger partial charge in [0.25, 0.3) is 0 Å². The van der Waals surface area contributed by atoms with Crippen LogP contribution in [0, 0.1) is 11.3 Å². The average molecular weight is 635 g/mol. The summed E-state index contributed by atoms with van der Waals surface area (Å²) >= 11 is 0. The number of ether oxygens (including phenoxy) is 1. The fourth-order valence-corrected chi connectivity index (χ4v) is 7.22. The molecule has 2 aliphatic heterocycles. The minimum atomic E-state index is -0.918. The average Bonchev–Trinajstić information content (AvgIpc) is 3.55. The van der Waals surface area contributed by atoms with E-state index in [1.807, 2.05) is 73.0 Å². The first-order chi connectivity index (χ1) is 23.0. The predicted molar refractivity (Wildman–Crippen MR) is 179 cm³/mol. The van der Waals surface area contributed by atoms with Crippen molar-refractivity contribution >= 4 is 17.6 Å². The number of nitrogens with one attached hydrogen (secondary N) is 2. The van der Waals surface area contributed by atoms with Gasteiger partial charge in [-0.2, -0.15) is 15.3 Å². The zero-order valence-electron chi connectivity index (χ0n) is 26.8. The third kappa shape index (κ3) is 6.65. The Morgan fingerprint density at radius 2 is 1.91 bits per heavy atom. The number of anilines is 3. The summed E-state index contributed by atoms with van der Waals surface area (Å²) in [5, 5.41) is 32.5. The Balaban J connectivity index is 1.04. The Bertz CT molecular complexity index is 1670. The molecule has 2 saturated heterocycles. The molecule has 12 heteroatoms. The quantitative estimate of drug-likeness (QED) is 0.216. The van der Waals surface area contributed by atoms with E-state index in [2.05, 4.69) is 31.7 Å². The zero-order valence-corrected chi connectivity index (χ0v) is 26.8. The number of nitrogens with zero attached hydrogens (tertiary/aromatic N) is 8. The van der Waals surface area contributed by atoms with Gasteiger partial charge in [0.05, 0.1) is 24.5 Å². The molecule has 5 heterocycles. The highest BCUT2D eigenvalue weighted by molar-refractivity contribution is 5.62. The van der Waals surface area contributed by atoms with Gasteiger partial charge in [-0.15, -0.1) is 0 Å². The fourth-order valence-electron chi connectivity index (χ4n) is 7.22. The highest BCUT2D eigenvalue weighted by Gasteiger charge is 2.47. The Hall–Kier alpha value is -4.57. The third-order valence-electron chi connectivity index (χ3n) is 9.89. The summed E-state index contributed by atoms with van der Waals surface area (Å²) in [5.41, 5.74) is 3.51. The Morgan fingerprint density at radius 1 is 1.06 bits per heavy atom. The second-order valence-electron chi connectivity index (χ2n) is 12.9. The van der Waals surface area contributed by atoms with Gasteiger partial charge < -0.3 is 25.0 Å². The van der Waals surface area contributed by atoms with Gasteiger partial charge in [-0.1, -0.05) is 30.3 Å². The van der Waals surface area contributed by atoms with Gasteiger partial charge in [-0.05, 0) is 62.6 Å². The number of rotatable bonds is 10. The predicted octanol–water partition coefficient (Wildman–Crippen LogP) is 4.20. The van der Waals surface area contributed by atoms with Crippen LogP contribution in [-0.2, 0) is 18.3 Å². The van der Waals surface area contributed by atoms with Crippen molar-refractivity contribution in [3.05, 3.63) is 78.4 Å². The largest absolute Gasteiger partial charge is 0.379 e. The molecule has 2 unspecified atom stereocenters. The summed E-state index contributed by atoms with van der Waals surface area (Å²) in [4.78, 5) is 18.5. The lowest BCUT2D eigenvalue weighted by Gasteiger charge is -2.55. The van der Waals surface area contributed by atoms with E-state index in [1.165, 1.54) is 0 Å². The number of aromatic nitrogens is 5. The molecule has 4 aromatic rings. The topological polar surface area (TPSA) is 140 Å². The lowest BCUT2D eigenvalue weighted by Crippen LogP contribution is -2.64. The van der Waals surface area contributed by atoms with E-state index in [-0.39, 0.29) is 17.6 Å². The molecule has 2 atom stereocenters. The number of hydrogen-bond donors (Lipinski definition) is 3. The molecule has 1 saturated carbocycles. The van der Waals surface area contributed by atoms with Crippen LogP contribution in [0.3, 0.4) is 0 Å². The van der Waals surface area contributed by atoms with Crippen molar-refractivity contribution in [1.29, 1.82) is 5.26 Å². The Morgan fingerprint density at radius 3 is 2.57 bits per heavy atom. The number of hydrogen-bond acceptors (Lipinski definition) is 11. The maximum Gasteiger partial charge on any atom is 0.224 e. The minimum Gasteiger partial charge on any atom is -0.379 e. The molecular formula is C35H42N10O2. The second kappa shape index (κ2) is 13.7. The van der Waals surface area contributed by atoms with Crippen LogP contribution in [0.15, 0.2) is 67.3 Å².